The van der Waals surface area contributed by atoms with Gasteiger partial charge in [-0.15, -0.1) is 11.3 Å². The van der Waals surface area contributed by atoms with Crippen molar-refractivity contribution in [1.82, 2.24) is 4.90 Å². The largest absolute Gasteiger partial charge is 0.463 e. The molecule has 2 aliphatic heterocycles. The molecule has 1 fully saturated rings. The fourth-order valence-electron chi connectivity index (χ4n) is 2.59. The number of allylic oxidation sites excluding steroid dienone is 1. The van der Waals surface area contributed by atoms with E-state index in [1.54, 1.807) is 18.7 Å². The molecule has 1 saturated heterocycles. The fourth-order valence-corrected chi connectivity index (χ4v) is 4.44. The second-order valence-electron chi connectivity index (χ2n) is 5.00. The van der Waals surface area contributed by atoms with Crippen molar-refractivity contribution < 1.29 is 14.3 Å². The topological polar surface area (TPSA) is 59.0 Å². The summed E-state index contributed by atoms with van der Waals surface area (Å²) in [5.74, 6) is -0.421. The number of aliphatic imine (C=N–C) groups is 1. The predicted octanol–water partition coefficient (Wildman–Crippen LogP) is 2.96. The van der Waals surface area contributed by atoms with Gasteiger partial charge in [0.15, 0.2) is 5.17 Å². The number of hydrogen-bond donors (Lipinski definition) is 0. The van der Waals surface area contributed by atoms with Crippen LogP contribution >= 0.6 is 23.1 Å². The Morgan fingerprint density at radius 3 is 2.91 bits per heavy atom. The Morgan fingerprint density at radius 1 is 1.50 bits per heavy atom. The first-order valence-corrected chi connectivity index (χ1v) is 8.80. The quantitative estimate of drug-likeness (QED) is 0.796. The highest BCUT2D eigenvalue weighted by molar-refractivity contribution is 8.15. The van der Waals surface area contributed by atoms with Crippen LogP contribution in [0.5, 0.6) is 0 Å². The van der Waals surface area contributed by atoms with Crippen molar-refractivity contribution in [3.63, 3.8) is 0 Å². The van der Waals surface area contributed by atoms with Crippen LogP contribution in [0.25, 0.3) is 0 Å². The van der Waals surface area contributed by atoms with Gasteiger partial charge in [0.05, 0.1) is 23.1 Å². The van der Waals surface area contributed by atoms with E-state index in [1.807, 2.05) is 24.4 Å². The molecule has 2 atom stereocenters. The van der Waals surface area contributed by atoms with Crippen molar-refractivity contribution in [2.75, 3.05) is 6.61 Å². The van der Waals surface area contributed by atoms with Gasteiger partial charge in [-0.3, -0.25) is 9.69 Å². The second kappa shape index (κ2) is 5.89. The highest BCUT2D eigenvalue weighted by Gasteiger charge is 2.46. The third-order valence-electron chi connectivity index (χ3n) is 3.57. The Morgan fingerprint density at radius 2 is 2.27 bits per heavy atom. The summed E-state index contributed by atoms with van der Waals surface area (Å²) >= 11 is 2.96. The van der Waals surface area contributed by atoms with Gasteiger partial charge in [-0.25, -0.2) is 9.79 Å². The summed E-state index contributed by atoms with van der Waals surface area (Å²) in [6, 6.07) is 3.42. The Bertz CT molecular complexity index is 679. The summed E-state index contributed by atoms with van der Waals surface area (Å²) in [7, 11) is 0. The molecule has 3 rings (SSSR count). The minimum Gasteiger partial charge on any atom is -0.463 e. The first-order valence-electron chi connectivity index (χ1n) is 7.04. The van der Waals surface area contributed by atoms with Crippen LogP contribution in [0.2, 0.25) is 0 Å². The van der Waals surface area contributed by atoms with Gasteiger partial charge in [0.2, 0.25) is 5.91 Å². The number of rotatable bonds is 3. The molecule has 0 spiro atoms. The van der Waals surface area contributed by atoms with E-state index in [-0.39, 0.29) is 11.2 Å². The molecule has 0 aromatic carbocycles. The van der Waals surface area contributed by atoms with E-state index in [0.717, 1.165) is 4.88 Å². The van der Waals surface area contributed by atoms with Gasteiger partial charge in [-0.05, 0) is 32.2 Å². The van der Waals surface area contributed by atoms with E-state index in [1.165, 1.54) is 23.1 Å². The van der Waals surface area contributed by atoms with Crippen LogP contribution in [0.3, 0.4) is 0 Å². The first-order chi connectivity index (χ1) is 10.5. The Hall–Kier alpha value is -1.60. The normalized spacial score (nSPS) is 24.4. The molecular formula is C15H16N2O3S2. The molecular weight excluding hydrogens is 320 g/mol. The van der Waals surface area contributed by atoms with Crippen LogP contribution in [0.1, 0.15) is 31.7 Å². The van der Waals surface area contributed by atoms with Crippen molar-refractivity contribution in [2.24, 2.45) is 4.99 Å². The number of amidine groups is 1. The number of thioether (sulfide) groups is 1. The SMILES string of the molecule is CCOC(=O)C1=C(C)N=C2SC(C)C(=O)N2C1c1cccs1. The van der Waals surface area contributed by atoms with Crippen molar-refractivity contribution in [1.29, 1.82) is 0 Å². The van der Waals surface area contributed by atoms with Gasteiger partial charge in [0.25, 0.3) is 0 Å². The van der Waals surface area contributed by atoms with Gasteiger partial charge in [-0.1, -0.05) is 17.8 Å². The highest BCUT2D eigenvalue weighted by Crippen LogP contribution is 2.44. The standard InChI is InChI=1S/C15H16N2O3S2/c1-4-20-14(19)11-8(2)16-15-17(13(18)9(3)22-15)12(11)10-6-5-7-21-10/h5-7,9,12H,4H2,1-3H3. The van der Waals surface area contributed by atoms with E-state index in [2.05, 4.69) is 4.99 Å². The lowest BCUT2D eigenvalue weighted by Gasteiger charge is -2.31. The van der Waals surface area contributed by atoms with Crippen LogP contribution < -0.4 is 0 Å². The average Bonchev–Trinajstić information content (AvgIpc) is 3.07. The molecule has 22 heavy (non-hydrogen) atoms. The molecule has 0 saturated carbocycles. The second-order valence-corrected chi connectivity index (χ2v) is 7.29. The van der Waals surface area contributed by atoms with Crippen molar-refractivity contribution in [3.05, 3.63) is 33.7 Å². The van der Waals surface area contributed by atoms with E-state index < -0.39 is 12.0 Å². The molecule has 5 nitrogen and oxygen atoms in total. The predicted molar refractivity (Wildman–Crippen MR) is 87.7 cm³/mol. The van der Waals surface area contributed by atoms with Gasteiger partial charge < -0.3 is 4.74 Å². The van der Waals surface area contributed by atoms with Gasteiger partial charge in [0, 0.05) is 4.88 Å². The maximum Gasteiger partial charge on any atom is 0.338 e. The van der Waals surface area contributed by atoms with E-state index in [9.17, 15) is 9.59 Å². The molecule has 1 aromatic rings. The van der Waals surface area contributed by atoms with Crippen LogP contribution in [-0.4, -0.2) is 33.8 Å². The zero-order valence-electron chi connectivity index (χ0n) is 12.5. The minimum atomic E-state index is -0.434. The molecule has 0 bridgehead atoms. The van der Waals surface area contributed by atoms with E-state index in [4.69, 9.17) is 4.74 Å². The summed E-state index contributed by atoms with van der Waals surface area (Å²) in [6.07, 6.45) is 0. The van der Waals surface area contributed by atoms with Crippen molar-refractivity contribution >= 4 is 40.1 Å². The van der Waals surface area contributed by atoms with Crippen molar-refractivity contribution in [3.8, 4) is 0 Å². The number of hydrogen-bond acceptors (Lipinski definition) is 6. The number of ether oxygens (including phenoxy) is 1. The third-order valence-corrected chi connectivity index (χ3v) is 5.54. The minimum absolute atomic E-state index is 0.0172. The highest BCUT2D eigenvalue weighted by atomic mass is 32.2. The number of esters is 1. The molecule has 2 unspecified atom stereocenters. The van der Waals surface area contributed by atoms with E-state index >= 15 is 0 Å². The molecule has 0 N–H and O–H groups in total. The summed E-state index contributed by atoms with van der Waals surface area (Å²) in [5.41, 5.74) is 1.08. The Labute approximate surface area is 137 Å². The van der Waals surface area contributed by atoms with Gasteiger partial charge in [-0.2, -0.15) is 0 Å². The lowest BCUT2D eigenvalue weighted by molar-refractivity contribution is -0.139. The van der Waals surface area contributed by atoms with Crippen LogP contribution in [0.15, 0.2) is 33.8 Å². The van der Waals surface area contributed by atoms with Crippen LogP contribution in [-0.2, 0) is 14.3 Å². The first kappa shape index (κ1) is 15.3. The average molecular weight is 336 g/mol. The van der Waals surface area contributed by atoms with Gasteiger partial charge in [0.1, 0.15) is 6.04 Å². The Balaban J connectivity index is 2.12. The molecule has 7 heteroatoms. The molecule has 2 aliphatic rings. The molecule has 116 valence electrons. The lowest BCUT2D eigenvalue weighted by atomic mass is 10.0. The number of thiophene rings is 1. The summed E-state index contributed by atoms with van der Waals surface area (Å²) < 4.78 is 5.18. The zero-order valence-corrected chi connectivity index (χ0v) is 14.2. The number of nitrogens with zero attached hydrogens (tertiary/aromatic N) is 2. The molecule has 1 aromatic heterocycles. The fraction of sp³-hybridized carbons (Fsp3) is 0.400. The summed E-state index contributed by atoms with van der Waals surface area (Å²) in [4.78, 5) is 32.0. The van der Waals surface area contributed by atoms with E-state index in [0.29, 0.717) is 23.0 Å². The summed E-state index contributed by atoms with van der Waals surface area (Å²) in [6.45, 7) is 5.72. The maximum absolute atomic E-state index is 12.5. The summed E-state index contributed by atoms with van der Waals surface area (Å²) in [5, 5.41) is 2.42. The van der Waals surface area contributed by atoms with Crippen LogP contribution in [0.4, 0.5) is 0 Å². The van der Waals surface area contributed by atoms with Gasteiger partial charge >= 0.3 is 5.97 Å². The zero-order chi connectivity index (χ0) is 15.9. The smallest absolute Gasteiger partial charge is 0.338 e. The molecule has 1 amide bonds. The molecule has 0 radical (unpaired) electrons. The number of carbonyl (C=O) groups excluding carboxylic acids is 2. The maximum atomic E-state index is 12.5. The number of amides is 1. The van der Waals surface area contributed by atoms with Crippen LogP contribution in [0, 0.1) is 0 Å². The molecule has 3 heterocycles. The monoisotopic (exact) mass is 336 g/mol. The molecule has 0 aliphatic carbocycles. The number of fused-ring (bicyclic) bond motifs is 1. The lowest BCUT2D eigenvalue weighted by Crippen LogP contribution is -2.40. The Kier molecular flexibility index (Phi) is 4.10. The third kappa shape index (κ3) is 2.38. The number of carbonyl (C=O) groups is 2. The van der Waals surface area contributed by atoms with Crippen molar-refractivity contribution in [2.45, 2.75) is 32.1 Å².